The van der Waals surface area contributed by atoms with Gasteiger partial charge in [-0.25, -0.2) is 0 Å². The van der Waals surface area contributed by atoms with Crippen LogP contribution < -0.4 is 19.3 Å². The second kappa shape index (κ2) is 19.8. The van der Waals surface area contributed by atoms with Crippen LogP contribution in [-0.2, 0) is 12.8 Å². The highest BCUT2D eigenvalue weighted by Gasteiger charge is 2.30. The molecule has 0 N–H and O–H groups in total. The van der Waals surface area contributed by atoms with Crippen molar-refractivity contribution in [3.63, 3.8) is 0 Å². The van der Waals surface area contributed by atoms with Crippen LogP contribution in [0.4, 0.5) is 34.1 Å². The summed E-state index contributed by atoms with van der Waals surface area (Å²) in [6, 6.07) is 81.3. The summed E-state index contributed by atoms with van der Waals surface area (Å²) < 4.78 is 11.9. The van der Waals surface area contributed by atoms with Crippen molar-refractivity contribution in [2.45, 2.75) is 53.4 Å². The Balaban J connectivity index is 1.13. The van der Waals surface area contributed by atoms with Crippen LogP contribution in [0.5, 0.6) is 11.5 Å². The lowest BCUT2D eigenvalue weighted by atomic mass is 9.87. The van der Waals surface area contributed by atoms with E-state index in [9.17, 15) is 0 Å². The summed E-state index contributed by atoms with van der Waals surface area (Å²) in [6.45, 7) is 9.80. The van der Waals surface area contributed by atoms with E-state index in [2.05, 4.69) is 242 Å². The lowest BCUT2D eigenvalue weighted by Crippen LogP contribution is -2.10. The van der Waals surface area contributed by atoms with E-state index in [0.717, 1.165) is 71.3 Å². The van der Waals surface area contributed by atoms with Crippen LogP contribution >= 0.6 is 0 Å². The maximum Gasteiger partial charge on any atom is 0.119 e. The minimum atomic E-state index is 0.621. The summed E-state index contributed by atoms with van der Waals surface area (Å²) in [7, 11) is 0. The predicted molar refractivity (Wildman–Crippen MR) is 324 cm³/mol. The first kappa shape index (κ1) is 46.9. The zero-order chi connectivity index (χ0) is 51.3. The van der Waals surface area contributed by atoms with Gasteiger partial charge in [0, 0.05) is 33.5 Å². The van der Waals surface area contributed by atoms with E-state index in [-0.39, 0.29) is 0 Å². The van der Waals surface area contributed by atoms with Crippen LogP contribution in [0.25, 0.3) is 86.9 Å². The van der Waals surface area contributed by atoms with Gasteiger partial charge in [-0.1, -0.05) is 160 Å². The lowest BCUT2D eigenvalue weighted by molar-refractivity contribution is 0.340. The Hall–Kier alpha value is -8.86. The van der Waals surface area contributed by atoms with Crippen molar-refractivity contribution in [1.82, 2.24) is 0 Å². The molecule has 0 heterocycles. The Morgan fingerprint density at radius 3 is 0.961 bits per heavy atom. The van der Waals surface area contributed by atoms with Gasteiger partial charge in [0.05, 0.1) is 24.6 Å². The van der Waals surface area contributed by atoms with Crippen molar-refractivity contribution in [1.29, 1.82) is 0 Å². The monoisotopic (exact) mass is 984 g/mol. The second-order valence-electron chi connectivity index (χ2n) is 20.1. The zero-order valence-electron chi connectivity index (χ0n) is 43.7. The molecule has 370 valence electrons. The van der Waals surface area contributed by atoms with Gasteiger partial charge in [-0.15, -0.1) is 0 Å². The number of hydrogen-bond acceptors (Lipinski definition) is 4. The van der Waals surface area contributed by atoms with Gasteiger partial charge in [0.1, 0.15) is 11.5 Å². The van der Waals surface area contributed by atoms with Gasteiger partial charge >= 0.3 is 0 Å². The molecule has 4 heteroatoms. The normalized spacial score (nSPS) is 11.7. The maximum atomic E-state index is 5.96. The van der Waals surface area contributed by atoms with E-state index in [0.29, 0.717) is 13.2 Å². The van der Waals surface area contributed by atoms with Gasteiger partial charge in [0.15, 0.2) is 0 Å². The highest BCUT2D eigenvalue weighted by atomic mass is 16.5. The van der Waals surface area contributed by atoms with Crippen LogP contribution in [-0.4, -0.2) is 13.2 Å². The molecule has 0 fully saturated rings. The number of fused-ring (bicyclic) bond motifs is 6. The SMILES string of the molecule is CCCc1ccc(N(c2ccc(OCC)cc2)c2ccc3c4c(-c5ccccc5)c5c6cccc7c(N(c8ccc(CCC)cc8)c8ccc(OCC)cc8)ccc(c5c(-c5ccccc5)c4c4cccc2c43)c76)cc1. The molecule has 13 aromatic carbocycles. The van der Waals surface area contributed by atoms with Crippen molar-refractivity contribution < 1.29 is 9.47 Å². The Kier molecular flexibility index (Phi) is 12.2. The van der Waals surface area contributed by atoms with Gasteiger partial charge in [-0.2, -0.15) is 0 Å². The molecule has 0 aromatic heterocycles. The van der Waals surface area contributed by atoms with Crippen LogP contribution in [0.2, 0.25) is 0 Å². The quantitative estimate of drug-likeness (QED) is 0.0963. The molecule has 13 rings (SSSR count). The third kappa shape index (κ3) is 7.82. The van der Waals surface area contributed by atoms with Crippen LogP contribution in [0.3, 0.4) is 0 Å². The zero-order valence-corrected chi connectivity index (χ0v) is 43.7. The standard InChI is InChI=1S/C72H60N2O2/c1-5-17-47-27-31-51(32-28-47)73(53-35-39-55(40-36-53)75-7-3)63-45-43-61-67-57(63)23-15-25-59(67)69-65(49-19-11-9-12-20-49)72-62-44-46-64(58-24-16-26-60(68(58)62)70(72)66(71(61)69)50-21-13-10-14-22-50)74(52-33-29-48(18-6-2)30-34-52)54-37-41-56(42-38-54)76-8-4/h9-16,19-46H,5-8,17-18H2,1-4H3. The Bertz CT molecular complexity index is 3740. The fourth-order valence-electron chi connectivity index (χ4n) is 12.4. The number of benzene rings is 11. The number of rotatable bonds is 16. The molecule has 0 aliphatic heterocycles. The molecule has 0 aliphatic rings. The summed E-state index contributed by atoms with van der Waals surface area (Å²) in [5.41, 5.74) is 14.3. The molecule has 4 nitrogen and oxygen atoms in total. The third-order valence-corrected chi connectivity index (χ3v) is 15.5. The molecule has 0 aliphatic carbocycles. The Morgan fingerprint density at radius 1 is 0.289 bits per heavy atom. The predicted octanol–water partition coefficient (Wildman–Crippen LogP) is 20.5. The van der Waals surface area contributed by atoms with Crippen LogP contribution in [0.1, 0.15) is 51.7 Å². The van der Waals surface area contributed by atoms with E-state index < -0.39 is 0 Å². The highest BCUT2D eigenvalue weighted by Crippen LogP contribution is 2.57. The molecule has 0 saturated carbocycles. The number of ether oxygens (including phenoxy) is 2. The van der Waals surface area contributed by atoms with Crippen molar-refractivity contribution in [3.8, 4) is 33.8 Å². The molecular weight excluding hydrogens is 925 g/mol. The Labute approximate surface area is 445 Å². The van der Waals surface area contributed by atoms with Crippen LogP contribution in [0, 0.1) is 0 Å². The first-order valence-electron chi connectivity index (χ1n) is 27.3. The summed E-state index contributed by atoms with van der Waals surface area (Å²) in [5.74, 6) is 1.73. The lowest BCUT2D eigenvalue weighted by Gasteiger charge is -2.27. The first-order valence-corrected chi connectivity index (χ1v) is 27.3. The molecule has 0 saturated heterocycles. The van der Waals surface area contributed by atoms with E-state index in [1.807, 2.05) is 13.8 Å². The van der Waals surface area contributed by atoms with E-state index in [1.54, 1.807) is 0 Å². The largest absolute Gasteiger partial charge is 0.494 e. The molecule has 0 bridgehead atoms. The summed E-state index contributed by atoms with van der Waals surface area (Å²) in [4.78, 5) is 4.86. The number of hydrogen-bond donors (Lipinski definition) is 0. The summed E-state index contributed by atoms with van der Waals surface area (Å²) in [5, 5.41) is 15.1. The minimum absolute atomic E-state index is 0.621. The number of nitrogens with zero attached hydrogens (tertiary/aromatic N) is 2. The molecule has 0 radical (unpaired) electrons. The van der Waals surface area contributed by atoms with Gasteiger partial charge < -0.3 is 19.3 Å². The Morgan fingerprint density at radius 2 is 0.618 bits per heavy atom. The van der Waals surface area contributed by atoms with Gasteiger partial charge in [-0.3, -0.25) is 0 Å². The molecule has 0 unspecified atom stereocenters. The van der Waals surface area contributed by atoms with E-state index in [1.165, 1.54) is 98.0 Å². The van der Waals surface area contributed by atoms with Crippen LogP contribution in [0.15, 0.2) is 218 Å². The van der Waals surface area contributed by atoms with E-state index in [4.69, 9.17) is 9.47 Å². The van der Waals surface area contributed by atoms with Crippen molar-refractivity contribution in [3.05, 3.63) is 230 Å². The summed E-state index contributed by atoms with van der Waals surface area (Å²) in [6.07, 6.45) is 4.32. The summed E-state index contributed by atoms with van der Waals surface area (Å²) >= 11 is 0. The number of aryl methyl sites for hydroxylation is 2. The van der Waals surface area contributed by atoms with Crippen molar-refractivity contribution >= 4 is 98.8 Å². The molecule has 0 spiro atoms. The molecule has 76 heavy (non-hydrogen) atoms. The number of anilines is 6. The fourth-order valence-corrected chi connectivity index (χ4v) is 12.4. The van der Waals surface area contributed by atoms with Gasteiger partial charge in [0.25, 0.3) is 0 Å². The molecule has 0 atom stereocenters. The second-order valence-corrected chi connectivity index (χ2v) is 20.1. The topological polar surface area (TPSA) is 24.9 Å². The average molecular weight is 985 g/mol. The smallest absolute Gasteiger partial charge is 0.119 e. The van der Waals surface area contributed by atoms with Gasteiger partial charge in [-0.05, 0) is 199 Å². The van der Waals surface area contributed by atoms with Crippen molar-refractivity contribution in [2.75, 3.05) is 23.0 Å². The van der Waals surface area contributed by atoms with Crippen molar-refractivity contribution in [2.24, 2.45) is 0 Å². The maximum absolute atomic E-state index is 5.96. The average Bonchev–Trinajstić information content (AvgIpc) is 3.99. The van der Waals surface area contributed by atoms with Gasteiger partial charge in [0.2, 0.25) is 0 Å². The third-order valence-electron chi connectivity index (χ3n) is 15.5. The molecule has 0 amide bonds. The molecular formula is C72H60N2O2. The minimum Gasteiger partial charge on any atom is -0.494 e. The fraction of sp³-hybridized carbons (Fsp3) is 0.139. The first-order chi connectivity index (χ1) is 37.6. The highest BCUT2D eigenvalue weighted by molar-refractivity contribution is 6.47. The molecule has 13 aromatic rings. The van der Waals surface area contributed by atoms with E-state index >= 15 is 0 Å².